The van der Waals surface area contributed by atoms with E-state index < -0.39 is 47.0 Å². The standard InChI is InChI=1S/C59H77F3N10O7S/c1-9-80-51-27-43(58(33-79-34-58)28-49-68-63-35-69(49)8)26-48(66-51)71-29-46-45(57(71)78)23-41(24-47(46)59(60,61)62)32-72(21-13-14-38(6)30-72)31-40-16-18-44(19-17-40)65-54(75)39(7)64-55(76)53(37(4)5)67-50(73)15-11-10-12-20-70-52(74)25-42(56(70)77)22-36(2)3/h16-19,23-24,26-27,35-39,42,53H,9-15,20-22,25,28-34H2,1-8H3,(H2-,64,65,67,73,75,76)/p+1/t38-,39-,42?,53-,72?/m0/s1. The Morgan fingerprint density at radius 2 is 1.68 bits per heavy atom. The minimum Gasteiger partial charge on any atom is -0.379 e. The highest BCUT2D eigenvalue weighted by atomic mass is 32.2. The van der Waals surface area contributed by atoms with E-state index in [1.165, 1.54) is 27.6 Å². The van der Waals surface area contributed by atoms with Crippen molar-refractivity contribution in [3.05, 3.63) is 94.1 Å². The number of nitrogens with one attached hydrogen (secondary N) is 3. The third kappa shape index (κ3) is 14.1. The van der Waals surface area contributed by atoms with E-state index in [-0.39, 0.29) is 72.4 Å². The van der Waals surface area contributed by atoms with Gasteiger partial charge in [0.2, 0.25) is 29.5 Å². The Balaban J connectivity index is 0.894. The van der Waals surface area contributed by atoms with Crippen molar-refractivity contribution in [3.8, 4) is 0 Å². The van der Waals surface area contributed by atoms with Gasteiger partial charge in [0.25, 0.3) is 5.91 Å². The predicted octanol–water partition coefficient (Wildman–Crippen LogP) is 8.52. The Morgan fingerprint density at radius 1 is 0.938 bits per heavy atom. The first-order valence-electron chi connectivity index (χ1n) is 28.3. The zero-order valence-corrected chi connectivity index (χ0v) is 48.2. The fourth-order valence-corrected chi connectivity index (χ4v) is 12.6. The highest BCUT2D eigenvalue weighted by Gasteiger charge is 2.46. The summed E-state index contributed by atoms with van der Waals surface area (Å²) in [5.41, 5.74) is 1.35. The molecule has 2 aromatic carbocycles. The molecule has 0 aliphatic carbocycles. The van der Waals surface area contributed by atoms with Crippen molar-refractivity contribution in [3.63, 3.8) is 0 Å². The van der Waals surface area contributed by atoms with Crippen LogP contribution < -0.4 is 20.9 Å². The second kappa shape index (κ2) is 25.3. The van der Waals surface area contributed by atoms with E-state index in [4.69, 9.17) is 9.72 Å². The molecular weight excluding hydrogens is 1050 g/mol. The van der Waals surface area contributed by atoms with Crippen LogP contribution in [-0.4, -0.2) is 115 Å². The first-order chi connectivity index (χ1) is 38.0. The molecule has 3 N–H and O–H groups in total. The normalized spacial score (nSPS) is 20.7. The maximum Gasteiger partial charge on any atom is 0.416 e. The number of alkyl halides is 3. The van der Waals surface area contributed by atoms with Gasteiger partial charge in [-0.1, -0.05) is 60.1 Å². The number of likely N-dealkylation sites (tertiary alicyclic amines) is 2. The van der Waals surface area contributed by atoms with Gasteiger partial charge in [0, 0.05) is 72.5 Å². The third-order valence-electron chi connectivity index (χ3n) is 16.1. The molecule has 3 saturated heterocycles. The lowest BCUT2D eigenvalue weighted by molar-refractivity contribution is -0.960. The highest BCUT2D eigenvalue weighted by Crippen LogP contribution is 2.43. The van der Waals surface area contributed by atoms with E-state index in [1.54, 1.807) is 45.3 Å². The lowest BCUT2D eigenvalue weighted by atomic mass is 9.76. The van der Waals surface area contributed by atoms with Crippen LogP contribution in [0.25, 0.3) is 0 Å². The summed E-state index contributed by atoms with van der Waals surface area (Å²) >= 11 is 1.49. The molecule has 0 bridgehead atoms. The minimum absolute atomic E-state index is 0.0251. The number of fused-ring (bicyclic) bond motifs is 1. The summed E-state index contributed by atoms with van der Waals surface area (Å²) in [6.45, 7) is 16.4. The van der Waals surface area contributed by atoms with Crippen LogP contribution >= 0.6 is 11.8 Å². The summed E-state index contributed by atoms with van der Waals surface area (Å²) in [6, 6.07) is 12.1. The van der Waals surface area contributed by atoms with Crippen molar-refractivity contribution >= 4 is 58.7 Å². The second-order valence-electron chi connectivity index (χ2n) is 23.6. The molecule has 4 aliphatic rings. The second-order valence-corrected chi connectivity index (χ2v) is 24.9. The minimum atomic E-state index is -4.73. The summed E-state index contributed by atoms with van der Waals surface area (Å²) in [4.78, 5) is 87.2. The van der Waals surface area contributed by atoms with Crippen LogP contribution in [-0.2, 0) is 73.4 Å². The van der Waals surface area contributed by atoms with Gasteiger partial charge in [-0.2, -0.15) is 13.2 Å². The zero-order valence-electron chi connectivity index (χ0n) is 47.4. The molecular formula is C59H78F3N10O7S+. The third-order valence-corrected chi connectivity index (χ3v) is 16.9. The number of anilines is 2. The number of carbonyl (C=O) groups is 6. The van der Waals surface area contributed by atoms with Crippen molar-refractivity contribution in [2.45, 2.75) is 155 Å². The number of carbonyl (C=O) groups excluding carboxylic acids is 6. The number of nitrogens with zero attached hydrogens (tertiary/aromatic N) is 7. The lowest BCUT2D eigenvalue weighted by Crippen LogP contribution is -2.53. The summed E-state index contributed by atoms with van der Waals surface area (Å²) < 4.78 is 53.8. The van der Waals surface area contributed by atoms with Gasteiger partial charge in [-0.05, 0) is 104 Å². The van der Waals surface area contributed by atoms with Gasteiger partial charge in [-0.15, -0.1) is 22.0 Å². The van der Waals surface area contributed by atoms with E-state index in [0.717, 1.165) is 36.3 Å². The number of pyridine rings is 1. The maximum absolute atomic E-state index is 15.2. The van der Waals surface area contributed by atoms with Gasteiger partial charge in [-0.25, -0.2) is 4.98 Å². The number of hydrogen-bond donors (Lipinski definition) is 3. The van der Waals surface area contributed by atoms with Crippen LogP contribution in [0.15, 0.2) is 59.9 Å². The Morgan fingerprint density at radius 3 is 2.31 bits per heavy atom. The molecule has 4 aliphatic heterocycles. The van der Waals surface area contributed by atoms with E-state index in [0.29, 0.717) is 103 Å². The van der Waals surface area contributed by atoms with Gasteiger partial charge < -0.3 is 29.7 Å². The monoisotopic (exact) mass is 1130 g/mol. The van der Waals surface area contributed by atoms with E-state index in [1.807, 2.05) is 56.7 Å². The summed E-state index contributed by atoms with van der Waals surface area (Å²) in [5, 5.41) is 17.4. The number of aryl methyl sites for hydroxylation is 1. The average molecular weight is 1130 g/mol. The molecule has 17 nitrogen and oxygen atoms in total. The molecule has 8 rings (SSSR count). The van der Waals surface area contributed by atoms with Crippen molar-refractivity contribution < 1.29 is 51.2 Å². The first kappa shape index (κ1) is 59.9. The molecule has 5 atom stereocenters. The molecule has 21 heteroatoms. The number of amides is 6. The smallest absolute Gasteiger partial charge is 0.379 e. The van der Waals surface area contributed by atoms with Gasteiger partial charge in [-0.3, -0.25) is 38.6 Å². The van der Waals surface area contributed by atoms with Crippen molar-refractivity contribution in [1.29, 1.82) is 0 Å². The van der Waals surface area contributed by atoms with Gasteiger partial charge in [0.05, 0.1) is 43.4 Å². The van der Waals surface area contributed by atoms with Crippen LogP contribution in [0.3, 0.4) is 0 Å². The number of ether oxygens (including phenoxy) is 1. The fourth-order valence-electron chi connectivity index (χ4n) is 11.9. The number of hydrogen-bond acceptors (Lipinski definition) is 11. The maximum atomic E-state index is 15.2. The van der Waals surface area contributed by atoms with Crippen molar-refractivity contribution in [2.24, 2.45) is 30.7 Å². The average Bonchev–Trinajstić information content (AvgIpc) is 4.24. The molecule has 2 unspecified atom stereocenters. The first-order valence-corrected chi connectivity index (χ1v) is 29.2. The number of quaternary nitrogens is 1. The molecule has 80 heavy (non-hydrogen) atoms. The summed E-state index contributed by atoms with van der Waals surface area (Å²) in [6.07, 6.45) is 2.09. The van der Waals surface area contributed by atoms with E-state index in [2.05, 4.69) is 33.1 Å². The Labute approximate surface area is 471 Å². The Kier molecular flexibility index (Phi) is 19.0. The number of halogens is 3. The van der Waals surface area contributed by atoms with Crippen molar-refractivity contribution in [2.75, 3.05) is 48.8 Å². The molecule has 432 valence electrons. The quantitative estimate of drug-likeness (QED) is 0.0263. The summed E-state index contributed by atoms with van der Waals surface area (Å²) in [5.74, 6) is -0.251. The Bertz CT molecular complexity index is 2930. The number of imide groups is 1. The molecule has 3 fully saturated rings. The number of thioether (sulfide) groups is 1. The molecule has 0 radical (unpaired) electrons. The van der Waals surface area contributed by atoms with Gasteiger partial charge >= 0.3 is 6.18 Å². The summed E-state index contributed by atoms with van der Waals surface area (Å²) in [7, 11) is 1.87. The van der Waals surface area contributed by atoms with Crippen LogP contribution in [0.4, 0.5) is 24.7 Å². The molecule has 2 aromatic heterocycles. The Hall–Kier alpha value is -6.19. The predicted molar refractivity (Wildman–Crippen MR) is 298 cm³/mol. The number of unbranched alkanes of at least 4 members (excludes halogenated alkanes) is 2. The topological polar surface area (TPSA) is 198 Å². The lowest BCUT2D eigenvalue weighted by Gasteiger charge is -2.44. The number of benzene rings is 2. The van der Waals surface area contributed by atoms with Crippen LogP contribution in [0.2, 0.25) is 0 Å². The zero-order chi connectivity index (χ0) is 57.7. The molecule has 0 saturated carbocycles. The molecule has 6 amide bonds. The highest BCUT2D eigenvalue weighted by molar-refractivity contribution is 7.99. The van der Waals surface area contributed by atoms with Crippen molar-refractivity contribution in [1.82, 2.24) is 35.3 Å². The van der Waals surface area contributed by atoms with Crippen LogP contribution in [0, 0.1) is 23.7 Å². The number of aromatic nitrogens is 4. The van der Waals surface area contributed by atoms with Gasteiger partial charge in [0.1, 0.15) is 43.1 Å². The SMILES string of the molecule is CCSc1cc(C2(Cc3nncn3C)COC2)cc(N2Cc3c(cc(C[N+]4(Cc5ccc(NC(=O)[C@H](C)NC(=O)[C@@H](NC(=O)CCCCCN6C(=O)CC(CC(C)C)C6=O)C(C)C)cc5)CCC[C@H](C)C4)cc3C(F)(F)F)C2=O)n1. The van der Waals surface area contributed by atoms with Crippen LogP contribution in [0.5, 0.6) is 0 Å². The van der Waals surface area contributed by atoms with Gasteiger partial charge in [0.15, 0.2) is 0 Å². The van der Waals surface area contributed by atoms with E-state index >= 15 is 13.2 Å². The molecule has 4 aromatic rings. The molecule has 0 spiro atoms. The number of rotatable bonds is 24. The largest absolute Gasteiger partial charge is 0.416 e. The fraction of sp³-hybridized carbons (Fsp3) is 0.576. The van der Waals surface area contributed by atoms with Crippen LogP contribution in [0.1, 0.15) is 144 Å². The van der Waals surface area contributed by atoms with E-state index in [9.17, 15) is 28.8 Å². The number of piperidine rings is 1. The molecule has 6 heterocycles.